The number of nitrogens with zero attached hydrogens (tertiary/aromatic N) is 3. The highest BCUT2D eigenvalue weighted by Gasteiger charge is 2.32. The normalized spacial score (nSPS) is 24.3. The predicted molar refractivity (Wildman–Crippen MR) is 92.2 cm³/mol. The van der Waals surface area contributed by atoms with E-state index in [9.17, 15) is 4.79 Å². The summed E-state index contributed by atoms with van der Waals surface area (Å²) in [5, 5.41) is 14.4. The third kappa shape index (κ3) is 3.20. The number of amides is 1. The van der Waals surface area contributed by atoms with Crippen LogP contribution in [0, 0.1) is 5.92 Å². The number of piperidine rings is 1. The second-order valence-electron chi connectivity index (χ2n) is 7.28. The number of hydrogen-bond acceptors (Lipinski definition) is 4. The van der Waals surface area contributed by atoms with Crippen molar-refractivity contribution in [2.24, 2.45) is 5.92 Å². The van der Waals surface area contributed by atoms with Crippen LogP contribution in [0.3, 0.4) is 0 Å². The van der Waals surface area contributed by atoms with Crippen LogP contribution in [0.5, 0.6) is 0 Å². The van der Waals surface area contributed by atoms with E-state index in [0.717, 1.165) is 50.0 Å². The minimum Gasteiger partial charge on any atom is -0.369 e. The Labute approximate surface area is 147 Å². The van der Waals surface area contributed by atoms with Gasteiger partial charge in [-0.15, -0.1) is 0 Å². The molecule has 1 saturated heterocycles. The van der Waals surface area contributed by atoms with Gasteiger partial charge in [-0.05, 0) is 45.1 Å². The van der Waals surface area contributed by atoms with Gasteiger partial charge in [-0.25, -0.2) is 0 Å². The maximum atomic E-state index is 13.0. The third-order valence-electron chi connectivity index (χ3n) is 5.40. The van der Waals surface area contributed by atoms with Gasteiger partial charge in [-0.1, -0.05) is 0 Å². The molecule has 0 aliphatic carbocycles. The fraction of sp³-hybridized carbons (Fsp3) is 0.611. The fourth-order valence-electron chi connectivity index (χ4n) is 4.05. The monoisotopic (exact) mass is 343 g/mol. The first-order chi connectivity index (χ1) is 12.1. The van der Waals surface area contributed by atoms with Crippen LogP contribution in [0.2, 0.25) is 0 Å². The topological polar surface area (TPSA) is 86.9 Å². The zero-order chi connectivity index (χ0) is 17.4. The van der Waals surface area contributed by atoms with E-state index < -0.39 is 0 Å². The van der Waals surface area contributed by atoms with Gasteiger partial charge in [0, 0.05) is 37.0 Å². The Morgan fingerprint density at radius 2 is 2.12 bits per heavy atom. The number of carbonyl (C=O) groups is 1. The van der Waals surface area contributed by atoms with Crippen molar-refractivity contribution >= 4 is 5.91 Å². The number of H-pyrrole nitrogens is 2. The summed E-state index contributed by atoms with van der Waals surface area (Å²) in [6.07, 6.45) is 5.67. The van der Waals surface area contributed by atoms with Crippen LogP contribution < -0.4 is 0 Å². The van der Waals surface area contributed by atoms with Crippen LogP contribution in [-0.4, -0.2) is 50.4 Å². The molecule has 2 N–H and O–H groups in total. The van der Waals surface area contributed by atoms with Gasteiger partial charge in [0.25, 0.3) is 5.91 Å². The van der Waals surface area contributed by atoms with E-state index >= 15 is 0 Å². The molecule has 0 saturated carbocycles. The molecule has 2 aliphatic heterocycles. The second kappa shape index (κ2) is 6.63. The molecular formula is C18H25N5O2. The van der Waals surface area contributed by atoms with Crippen LogP contribution in [-0.2, 0) is 17.6 Å². The second-order valence-corrected chi connectivity index (χ2v) is 7.28. The minimum absolute atomic E-state index is 0.0343. The first-order valence-electron chi connectivity index (χ1n) is 9.12. The highest BCUT2D eigenvalue weighted by atomic mass is 16.5. The summed E-state index contributed by atoms with van der Waals surface area (Å²) in [6.45, 7) is 5.63. The van der Waals surface area contributed by atoms with Gasteiger partial charge in [-0.2, -0.15) is 10.2 Å². The molecule has 7 heteroatoms. The average Bonchev–Trinajstić information content (AvgIpc) is 3.24. The van der Waals surface area contributed by atoms with Crippen LogP contribution in [0.15, 0.2) is 12.3 Å². The van der Waals surface area contributed by atoms with Gasteiger partial charge in [-0.3, -0.25) is 15.0 Å². The van der Waals surface area contributed by atoms with Gasteiger partial charge in [0.15, 0.2) is 5.69 Å². The third-order valence-corrected chi connectivity index (χ3v) is 5.40. The smallest absolute Gasteiger partial charge is 0.274 e. The molecule has 4 heterocycles. The van der Waals surface area contributed by atoms with Crippen LogP contribution in [0.25, 0.3) is 0 Å². The van der Waals surface area contributed by atoms with Crippen LogP contribution >= 0.6 is 0 Å². The lowest BCUT2D eigenvalue weighted by Crippen LogP contribution is -2.39. The number of rotatable bonds is 3. The number of aromatic amines is 2. The predicted octanol–water partition coefficient (Wildman–Crippen LogP) is 2.25. The molecule has 0 radical (unpaired) electrons. The molecule has 0 spiro atoms. The Morgan fingerprint density at radius 1 is 1.32 bits per heavy atom. The fourth-order valence-corrected chi connectivity index (χ4v) is 4.05. The van der Waals surface area contributed by atoms with Crippen molar-refractivity contribution in [2.45, 2.75) is 51.7 Å². The van der Waals surface area contributed by atoms with Crippen molar-refractivity contribution in [3.05, 3.63) is 34.9 Å². The van der Waals surface area contributed by atoms with Crippen molar-refractivity contribution in [1.29, 1.82) is 0 Å². The molecule has 0 bridgehead atoms. The first-order valence-corrected chi connectivity index (χ1v) is 9.12. The van der Waals surface area contributed by atoms with Gasteiger partial charge in [0.2, 0.25) is 0 Å². The Morgan fingerprint density at radius 3 is 2.84 bits per heavy atom. The summed E-state index contributed by atoms with van der Waals surface area (Å²) >= 11 is 0. The molecule has 1 fully saturated rings. The van der Waals surface area contributed by atoms with Gasteiger partial charge in [0.1, 0.15) is 0 Å². The van der Waals surface area contributed by atoms with Crippen molar-refractivity contribution < 1.29 is 9.53 Å². The number of hydrogen-bond donors (Lipinski definition) is 2. The summed E-state index contributed by atoms with van der Waals surface area (Å²) in [4.78, 5) is 14.9. The summed E-state index contributed by atoms with van der Waals surface area (Å²) in [6, 6.07) is 2.03. The molecule has 0 unspecified atom stereocenters. The summed E-state index contributed by atoms with van der Waals surface area (Å²) in [7, 11) is 0. The number of fused-ring (bicyclic) bond motifs is 1. The molecule has 25 heavy (non-hydrogen) atoms. The maximum absolute atomic E-state index is 13.0. The molecule has 2 aliphatic rings. The van der Waals surface area contributed by atoms with E-state index in [0.29, 0.717) is 11.6 Å². The molecule has 134 valence electrons. The minimum atomic E-state index is -0.0343. The van der Waals surface area contributed by atoms with Gasteiger partial charge in [0.05, 0.1) is 17.9 Å². The molecule has 2 aromatic heterocycles. The molecule has 2 atom stereocenters. The summed E-state index contributed by atoms with van der Waals surface area (Å²) < 4.78 is 5.81. The van der Waals surface area contributed by atoms with Crippen LogP contribution in [0.4, 0.5) is 0 Å². The Kier molecular flexibility index (Phi) is 4.33. The number of aromatic nitrogens is 4. The molecule has 7 nitrogen and oxygen atoms in total. The quantitative estimate of drug-likeness (QED) is 0.895. The molecule has 0 aromatic carbocycles. The van der Waals surface area contributed by atoms with Crippen molar-refractivity contribution in [3.63, 3.8) is 0 Å². The van der Waals surface area contributed by atoms with Gasteiger partial charge < -0.3 is 9.64 Å². The van der Waals surface area contributed by atoms with Crippen LogP contribution in [0.1, 0.15) is 60.2 Å². The van der Waals surface area contributed by atoms with E-state index in [2.05, 4.69) is 20.4 Å². The number of carbonyl (C=O) groups excluding carboxylic acids is 1. The molecule has 4 rings (SSSR count). The largest absolute Gasteiger partial charge is 0.369 e. The van der Waals surface area contributed by atoms with Crippen molar-refractivity contribution in [1.82, 2.24) is 25.3 Å². The average molecular weight is 343 g/mol. The number of likely N-dealkylation sites (tertiary alicyclic amines) is 1. The standard InChI is InChI=1S/C18H25N5O2/c1-11-9-15-16(12(2)25-11)21-22-17(15)18(24)23-7-4-13(5-8-23)10-14-3-6-19-20-14/h3,6,11-13H,4-5,7-10H2,1-2H3,(H,19,20)(H,21,22)/t11-,12-/m1/s1. The Hall–Kier alpha value is -2.15. The van der Waals surface area contributed by atoms with Crippen molar-refractivity contribution in [3.8, 4) is 0 Å². The molecule has 2 aromatic rings. The van der Waals surface area contributed by atoms with E-state index in [1.807, 2.05) is 24.8 Å². The first kappa shape index (κ1) is 16.3. The molecular weight excluding hydrogens is 318 g/mol. The van der Waals surface area contributed by atoms with Crippen molar-refractivity contribution in [2.75, 3.05) is 13.1 Å². The summed E-state index contributed by atoms with van der Waals surface area (Å²) in [5.74, 6) is 0.657. The maximum Gasteiger partial charge on any atom is 0.274 e. The lowest BCUT2D eigenvalue weighted by atomic mass is 9.91. The van der Waals surface area contributed by atoms with E-state index in [1.165, 1.54) is 5.69 Å². The van der Waals surface area contributed by atoms with E-state index in [4.69, 9.17) is 4.74 Å². The lowest BCUT2D eigenvalue weighted by molar-refractivity contribution is -0.00703. The highest BCUT2D eigenvalue weighted by molar-refractivity contribution is 5.94. The SMILES string of the molecule is C[C@@H]1Cc2c(C(=O)N3CCC(Cc4ccn[nH]4)CC3)n[nH]c2[C@@H](C)O1. The highest BCUT2D eigenvalue weighted by Crippen LogP contribution is 2.31. The zero-order valence-electron chi connectivity index (χ0n) is 14.8. The summed E-state index contributed by atoms with van der Waals surface area (Å²) in [5.41, 5.74) is 3.75. The molecule has 1 amide bonds. The van der Waals surface area contributed by atoms with E-state index in [1.54, 1.807) is 6.20 Å². The lowest BCUT2D eigenvalue weighted by Gasteiger charge is -2.32. The number of nitrogens with one attached hydrogen (secondary N) is 2. The Bertz CT molecular complexity index is 731. The van der Waals surface area contributed by atoms with E-state index in [-0.39, 0.29) is 18.1 Å². The number of ether oxygens (including phenoxy) is 1. The van der Waals surface area contributed by atoms with Gasteiger partial charge >= 0.3 is 0 Å². The Balaban J connectivity index is 1.41. The zero-order valence-corrected chi connectivity index (χ0v) is 14.8.